The Morgan fingerprint density at radius 2 is 1.33 bits per heavy atom. The van der Waals surface area contributed by atoms with E-state index in [2.05, 4.69) is 24.3 Å². The minimum atomic E-state index is -0.428. The molecule has 0 aromatic heterocycles. The topological polar surface area (TPSA) is 49.9 Å². The first-order valence-corrected chi connectivity index (χ1v) is 11.4. The SMILES string of the molecule is O=C1c2cccc3cccc(c23)C(=O)N1CCCC1(c2ccccc2)OC1c1ccccc1. The van der Waals surface area contributed by atoms with E-state index in [0.717, 1.165) is 28.3 Å². The van der Waals surface area contributed by atoms with Gasteiger partial charge in [-0.25, -0.2) is 0 Å². The van der Waals surface area contributed by atoms with Crippen molar-refractivity contribution in [1.29, 1.82) is 0 Å². The number of benzene rings is 4. The van der Waals surface area contributed by atoms with Crippen molar-refractivity contribution in [2.75, 3.05) is 6.54 Å². The zero-order valence-corrected chi connectivity index (χ0v) is 18.1. The largest absolute Gasteiger partial charge is 0.356 e. The van der Waals surface area contributed by atoms with Crippen LogP contribution < -0.4 is 0 Å². The number of ether oxygens (including phenoxy) is 1. The zero-order chi connectivity index (χ0) is 22.4. The second-order valence-electron chi connectivity index (χ2n) is 8.74. The third-order valence-corrected chi connectivity index (χ3v) is 6.84. The molecule has 0 spiro atoms. The minimum absolute atomic E-state index is 0.0247. The smallest absolute Gasteiger partial charge is 0.261 e. The molecule has 2 heterocycles. The average molecular weight is 434 g/mol. The Morgan fingerprint density at radius 1 is 0.727 bits per heavy atom. The van der Waals surface area contributed by atoms with E-state index < -0.39 is 5.60 Å². The van der Waals surface area contributed by atoms with Gasteiger partial charge in [0, 0.05) is 23.1 Å². The molecule has 0 radical (unpaired) electrons. The maximum absolute atomic E-state index is 13.2. The molecular formula is C29H23NO3. The van der Waals surface area contributed by atoms with Gasteiger partial charge in [0.05, 0.1) is 0 Å². The number of carbonyl (C=O) groups excluding carboxylic acids is 2. The molecule has 6 rings (SSSR count). The first-order chi connectivity index (χ1) is 16.2. The number of hydrogen-bond acceptors (Lipinski definition) is 3. The number of imide groups is 1. The predicted octanol–water partition coefficient (Wildman–Crippen LogP) is 5.88. The molecule has 2 unspecified atom stereocenters. The van der Waals surface area contributed by atoms with Gasteiger partial charge in [-0.3, -0.25) is 14.5 Å². The fourth-order valence-corrected chi connectivity index (χ4v) is 5.20. The summed E-state index contributed by atoms with van der Waals surface area (Å²) >= 11 is 0. The van der Waals surface area contributed by atoms with Gasteiger partial charge in [-0.05, 0) is 41.5 Å². The lowest BCUT2D eigenvalue weighted by molar-refractivity contribution is 0.0604. The molecule has 162 valence electrons. The number of rotatable bonds is 6. The van der Waals surface area contributed by atoms with Crippen molar-refractivity contribution in [3.63, 3.8) is 0 Å². The maximum atomic E-state index is 13.2. The van der Waals surface area contributed by atoms with Gasteiger partial charge in [0.15, 0.2) is 0 Å². The van der Waals surface area contributed by atoms with E-state index in [0.29, 0.717) is 24.1 Å². The van der Waals surface area contributed by atoms with E-state index in [1.54, 1.807) is 0 Å². The van der Waals surface area contributed by atoms with Crippen LogP contribution in [0.1, 0.15) is 50.8 Å². The summed E-state index contributed by atoms with van der Waals surface area (Å²) in [5.74, 6) is -0.427. The number of nitrogens with zero attached hydrogens (tertiary/aromatic N) is 1. The third-order valence-electron chi connectivity index (χ3n) is 6.84. The van der Waals surface area contributed by atoms with E-state index in [9.17, 15) is 9.59 Å². The number of amides is 2. The Bertz CT molecular complexity index is 1320. The van der Waals surface area contributed by atoms with Crippen LogP contribution in [0.25, 0.3) is 10.8 Å². The molecule has 1 saturated heterocycles. The molecule has 33 heavy (non-hydrogen) atoms. The molecule has 4 aromatic carbocycles. The van der Waals surface area contributed by atoms with Crippen LogP contribution in [-0.2, 0) is 10.3 Å². The summed E-state index contributed by atoms with van der Waals surface area (Å²) < 4.78 is 6.33. The summed E-state index contributed by atoms with van der Waals surface area (Å²) in [7, 11) is 0. The summed E-state index contributed by atoms with van der Waals surface area (Å²) in [4.78, 5) is 27.8. The molecule has 0 saturated carbocycles. The Labute approximate surface area is 192 Å². The van der Waals surface area contributed by atoms with Gasteiger partial charge in [-0.2, -0.15) is 0 Å². The van der Waals surface area contributed by atoms with Gasteiger partial charge in [0.1, 0.15) is 11.7 Å². The summed E-state index contributed by atoms with van der Waals surface area (Å²) in [6.07, 6.45) is 1.36. The quantitative estimate of drug-likeness (QED) is 0.282. The standard InChI is InChI=1S/C29H23NO3/c31-27-23-16-7-12-20-13-8-17-24(25(20)23)28(32)30(27)19-9-18-29(22-14-5-2-6-15-22)26(33-29)21-10-3-1-4-11-21/h1-8,10-17,26H,9,18-19H2. The highest BCUT2D eigenvalue weighted by Crippen LogP contribution is 2.59. The van der Waals surface area contributed by atoms with E-state index in [4.69, 9.17) is 4.74 Å². The second kappa shape index (κ2) is 7.68. The van der Waals surface area contributed by atoms with Crippen molar-refractivity contribution >= 4 is 22.6 Å². The van der Waals surface area contributed by atoms with Crippen molar-refractivity contribution in [2.45, 2.75) is 24.5 Å². The third kappa shape index (κ3) is 3.18. The van der Waals surface area contributed by atoms with Gasteiger partial charge in [0.25, 0.3) is 11.8 Å². The maximum Gasteiger partial charge on any atom is 0.261 e. The normalized spacial score (nSPS) is 21.5. The van der Waals surface area contributed by atoms with Crippen molar-refractivity contribution in [1.82, 2.24) is 4.90 Å². The summed E-state index contributed by atoms with van der Waals surface area (Å²) in [6, 6.07) is 31.7. The van der Waals surface area contributed by atoms with Crippen molar-refractivity contribution in [3.05, 3.63) is 119 Å². The Hall–Kier alpha value is -3.76. The van der Waals surface area contributed by atoms with Crippen LogP contribution in [0, 0.1) is 0 Å². The summed E-state index contributed by atoms with van der Waals surface area (Å²) in [5.41, 5.74) is 3.05. The molecule has 4 heteroatoms. The highest BCUT2D eigenvalue weighted by atomic mass is 16.6. The van der Waals surface area contributed by atoms with Crippen LogP contribution in [0.2, 0.25) is 0 Å². The fraction of sp³-hybridized carbons (Fsp3) is 0.172. The molecule has 2 aliphatic heterocycles. The van der Waals surface area contributed by atoms with Crippen LogP contribution in [0.15, 0.2) is 97.1 Å². The second-order valence-corrected chi connectivity index (χ2v) is 8.74. The average Bonchev–Trinajstić information content (AvgIpc) is 3.61. The number of hydrogen-bond donors (Lipinski definition) is 0. The fourth-order valence-electron chi connectivity index (χ4n) is 5.20. The molecular weight excluding hydrogens is 410 g/mol. The predicted molar refractivity (Wildman–Crippen MR) is 127 cm³/mol. The Balaban J connectivity index is 1.25. The highest BCUT2D eigenvalue weighted by molar-refractivity contribution is 6.25. The van der Waals surface area contributed by atoms with E-state index in [1.165, 1.54) is 4.90 Å². The lowest BCUT2D eigenvalue weighted by atomic mass is 9.87. The molecule has 2 aliphatic rings. The lowest BCUT2D eigenvalue weighted by Crippen LogP contribution is -2.41. The van der Waals surface area contributed by atoms with Gasteiger partial charge >= 0.3 is 0 Å². The molecule has 4 nitrogen and oxygen atoms in total. The molecule has 0 bridgehead atoms. The van der Waals surface area contributed by atoms with Crippen LogP contribution in [0.3, 0.4) is 0 Å². The van der Waals surface area contributed by atoms with Crippen molar-refractivity contribution in [3.8, 4) is 0 Å². The molecule has 0 N–H and O–H groups in total. The van der Waals surface area contributed by atoms with Crippen molar-refractivity contribution in [2.24, 2.45) is 0 Å². The van der Waals surface area contributed by atoms with Crippen LogP contribution in [0.4, 0.5) is 0 Å². The van der Waals surface area contributed by atoms with Gasteiger partial charge < -0.3 is 4.74 Å². The molecule has 0 aliphatic carbocycles. The molecule has 2 amide bonds. The van der Waals surface area contributed by atoms with E-state index >= 15 is 0 Å². The van der Waals surface area contributed by atoms with Crippen LogP contribution in [0.5, 0.6) is 0 Å². The molecule has 1 fully saturated rings. The summed E-state index contributed by atoms with van der Waals surface area (Å²) in [5, 5.41) is 1.69. The first kappa shape index (κ1) is 19.9. The van der Waals surface area contributed by atoms with Gasteiger partial charge in [-0.1, -0.05) is 84.9 Å². The molecule has 4 aromatic rings. The monoisotopic (exact) mass is 433 g/mol. The minimum Gasteiger partial charge on any atom is -0.356 e. The van der Waals surface area contributed by atoms with Crippen LogP contribution >= 0.6 is 0 Å². The van der Waals surface area contributed by atoms with E-state index in [1.807, 2.05) is 72.8 Å². The van der Waals surface area contributed by atoms with E-state index in [-0.39, 0.29) is 17.9 Å². The Morgan fingerprint density at radius 3 is 1.97 bits per heavy atom. The van der Waals surface area contributed by atoms with Crippen LogP contribution in [-0.4, -0.2) is 23.3 Å². The zero-order valence-electron chi connectivity index (χ0n) is 18.1. The van der Waals surface area contributed by atoms with Gasteiger partial charge in [0.2, 0.25) is 0 Å². The van der Waals surface area contributed by atoms with Gasteiger partial charge in [-0.15, -0.1) is 0 Å². The number of carbonyl (C=O) groups is 2. The number of epoxide rings is 1. The first-order valence-electron chi connectivity index (χ1n) is 11.4. The Kier molecular flexibility index (Phi) is 4.63. The highest BCUT2D eigenvalue weighted by Gasteiger charge is 2.57. The van der Waals surface area contributed by atoms with Crippen molar-refractivity contribution < 1.29 is 14.3 Å². The summed E-state index contributed by atoms with van der Waals surface area (Å²) in [6.45, 7) is 0.363. The lowest BCUT2D eigenvalue weighted by Gasteiger charge is -2.27. The molecule has 2 atom stereocenters.